The summed E-state index contributed by atoms with van der Waals surface area (Å²) in [5.74, 6) is 0.691. The van der Waals surface area contributed by atoms with Crippen molar-refractivity contribution in [2.75, 3.05) is 12.3 Å². The molecule has 4 nitrogen and oxygen atoms in total. The summed E-state index contributed by atoms with van der Waals surface area (Å²) in [4.78, 5) is 12.5. The number of benzene rings is 2. The molecular formula is C16H15BrN2O2. The van der Waals surface area contributed by atoms with E-state index in [0.717, 1.165) is 22.2 Å². The number of carbonyl (C=O) groups excluding carboxylic acids is 1. The molecule has 3 rings (SSSR count). The molecule has 3 N–H and O–H groups in total. The van der Waals surface area contributed by atoms with Crippen molar-refractivity contribution in [3.8, 4) is 5.75 Å². The smallest absolute Gasteiger partial charge is 0.252 e. The van der Waals surface area contributed by atoms with Crippen molar-refractivity contribution in [1.29, 1.82) is 0 Å². The van der Waals surface area contributed by atoms with Gasteiger partial charge in [0, 0.05) is 22.1 Å². The fourth-order valence-corrected chi connectivity index (χ4v) is 2.87. The molecule has 1 atom stereocenters. The number of nitrogens with two attached hydrogens (primary N) is 1. The van der Waals surface area contributed by atoms with Crippen LogP contribution in [0, 0.1) is 0 Å². The predicted octanol–water partition coefficient (Wildman–Crippen LogP) is 3.28. The number of carbonyl (C=O) groups is 1. The van der Waals surface area contributed by atoms with Crippen molar-refractivity contribution in [2.24, 2.45) is 0 Å². The highest BCUT2D eigenvalue weighted by molar-refractivity contribution is 9.10. The van der Waals surface area contributed by atoms with Crippen molar-refractivity contribution >= 4 is 27.5 Å². The number of hydrogen-bond acceptors (Lipinski definition) is 3. The third-order valence-electron chi connectivity index (χ3n) is 3.50. The number of nitrogens with one attached hydrogen (secondary N) is 1. The van der Waals surface area contributed by atoms with Crippen LogP contribution in [-0.4, -0.2) is 12.5 Å². The lowest BCUT2D eigenvalue weighted by Crippen LogP contribution is -2.32. The SMILES string of the molecule is Nc1ccc(Br)c(C(=O)NC2CCOc3ccccc32)c1. The Hall–Kier alpha value is -2.01. The summed E-state index contributed by atoms with van der Waals surface area (Å²) in [6.07, 6.45) is 0.753. The normalized spacial score (nSPS) is 16.7. The summed E-state index contributed by atoms with van der Waals surface area (Å²) in [6.45, 7) is 0.597. The largest absolute Gasteiger partial charge is 0.493 e. The molecular weight excluding hydrogens is 332 g/mol. The highest BCUT2D eigenvalue weighted by atomic mass is 79.9. The van der Waals surface area contributed by atoms with Gasteiger partial charge in [-0.15, -0.1) is 0 Å². The minimum absolute atomic E-state index is 0.0456. The maximum Gasteiger partial charge on any atom is 0.252 e. The first kappa shape index (κ1) is 13.9. The van der Waals surface area contributed by atoms with E-state index in [1.54, 1.807) is 18.2 Å². The monoisotopic (exact) mass is 346 g/mol. The van der Waals surface area contributed by atoms with Crippen LogP contribution in [-0.2, 0) is 0 Å². The van der Waals surface area contributed by atoms with E-state index in [1.807, 2.05) is 24.3 Å². The molecule has 0 radical (unpaired) electrons. The Morgan fingerprint density at radius 1 is 1.29 bits per heavy atom. The first-order valence-corrected chi connectivity index (χ1v) is 7.52. The van der Waals surface area contributed by atoms with Crippen LogP contribution in [0.15, 0.2) is 46.9 Å². The molecule has 21 heavy (non-hydrogen) atoms. The number of para-hydroxylation sites is 1. The van der Waals surface area contributed by atoms with Crippen molar-refractivity contribution in [3.63, 3.8) is 0 Å². The van der Waals surface area contributed by atoms with E-state index in [1.165, 1.54) is 0 Å². The van der Waals surface area contributed by atoms with E-state index >= 15 is 0 Å². The Kier molecular flexibility index (Phi) is 3.84. The molecule has 1 heterocycles. The molecule has 0 fully saturated rings. The van der Waals surface area contributed by atoms with Gasteiger partial charge in [0.2, 0.25) is 0 Å². The lowest BCUT2D eigenvalue weighted by atomic mass is 10.00. The van der Waals surface area contributed by atoms with Crippen molar-refractivity contribution in [2.45, 2.75) is 12.5 Å². The highest BCUT2D eigenvalue weighted by Gasteiger charge is 2.23. The molecule has 0 saturated carbocycles. The number of halogens is 1. The molecule has 1 unspecified atom stereocenters. The van der Waals surface area contributed by atoms with Crippen LogP contribution >= 0.6 is 15.9 Å². The van der Waals surface area contributed by atoms with E-state index in [-0.39, 0.29) is 11.9 Å². The van der Waals surface area contributed by atoms with E-state index < -0.39 is 0 Å². The van der Waals surface area contributed by atoms with Gasteiger partial charge in [-0.25, -0.2) is 0 Å². The van der Waals surface area contributed by atoms with Gasteiger partial charge in [-0.05, 0) is 40.2 Å². The standard InChI is InChI=1S/C16H15BrN2O2/c17-13-6-5-10(18)9-12(13)16(20)19-14-7-8-21-15-4-2-1-3-11(14)15/h1-6,9,14H,7-8,18H2,(H,19,20). The van der Waals surface area contributed by atoms with Crippen LogP contribution in [0.1, 0.15) is 28.4 Å². The zero-order chi connectivity index (χ0) is 14.8. The fourth-order valence-electron chi connectivity index (χ4n) is 2.44. The van der Waals surface area contributed by atoms with Gasteiger partial charge in [0.1, 0.15) is 5.75 Å². The minimum Gasteiger partial charge on any atom is -0.493 e. The summed E-state index contributed by atoms with van der Waals surface area (Å²) in [5, 5.41) is 3.05. The molecule has 2 aromatic rings. The lowest BCUT2D eigenvalue weighted by molar-refractivity contribution is 0.0924. The number of fused-ring (bicyclic) bond motifs is 1. The molecule has 0 spiro atoms. The molecule has 2 aromatic carbocycles. The van der Waals surface area contributed by atoms with Crippen LogP contribution in [0.3, 0.4) is 0 Å². The van der Waals surface area contributed by atoms with Gasteiger partial charge >= 0.3 is 0 Å². The first-order valence-electron chi connectivity index (χ1n) is 6.73. The number of hydrogen-bond donors (Lipinski definition) is 2. The molecule has 5 heteroatoms. The number of ether oxygens (including phenoxy) is 1. The maximum atomic E-state index is 12.5. The van der Waals surface area contributed by atoms with Gasteiger partial charge in [-0.1, -0.05) is 18.2 Å². The Morgan fingerprint density at radius 2 is 2.10 bits per heavy atom. The molecule has 0 aliphatic carbocycles. The Bertz CT molecular complexity index is 688. The second-order valence-electron chi connectivity index (χ2n) is 4.94. The van der Waals surface area contributed by atoms with E-state index in [2.05, 4.69) is 21.2 Å². The highest BCUT2D eigenvalue weighted by Crippen LogP contribution is 2.32. The van der Waals surface area contributed by atoms with Crippen molar-refractivity contribution < 1.29 is 9.53 Å². The second kappa shape index (κ2) is 5.77. The summed E-state index contributed by atoms with van der Waals surface area (Å²) >= 11 is 3.39. The number of rotatable bonds is 2. The molecule has 1 aliphatic heterocycles. The number of amides is 1. The van der Waals surface area contributed by atoms with Crippen LogP contribution in [0.25, 0.3) is 0 Å². The topological polar surface area (TPSA) is 64.4 Å². The van der Waals surface area contributed by atoms with Crippen LogP contribution < -0.4 is 15.8 Å². The van der Waals surface area contributed by atoms with Gasteiger partial charge in [-0.2, -0.15) is 0 Å². The average Bonchev–Trinajstić information content (AvgIpc) is 2.50. The van der Waals surface area contributed by atoms with Gasteiger partial charge in [0.15, 0.2) is 0 Å². The third-order valence-corrected chi connectivity index (χ3v) is 4.19. The zero-order valence-electron chi connectivity index (χ0n) is 11.3. The predicted molar refractivity (Wildman–Crippen MR) is 85.3 cm³/mol. The summed E-state index contributed by atoms with van der Waals surface area (Å²) in [7, 11) is 0. The molecule has 0 saturated heterocycles. The molecule has 0 bridgehead atoms. The lowest BCUT2D eigenvalue weighted by Gasteiger charge is -2.26. The van der Waals surface area contributed by atoms with Crippen molar-refractivity contribution in [3.05, 3.63) is 58.1 Å². The quantitative estimate of drug-likeness (QED) is 0.820. The summed E-state index contributed by atoms with van der Waals surface area (Å²) in [5.41, 5.74) is 7.87. The molecule has 108 valence electrons. The van der Waals surface area contributed by atoms with E-state index in [4.69, 9.17) is 10.5 Å². The maximum absolute atomic E-state index is 12.5. The molecule has 1 amide bonds. The first-order chi connectivity index (χ1) is 10.1. The number of anilines is 1. The van der Waals surface area contributed by atoms with Gasteiger partial charge < -0.3 is 15.8 Å². The van der Waals surface area contributed by atoms with Crippen LogP contribution in [0.5, 0.6) is 5.75 Å². The Morgan fingerprint density at radius 3 is 2.95 bits per heavy atom. The van der Waals surface area contributed by atoms with Gasteiger partial charge in [-0.3, -0.25) is 4.79 Å². The molecule has 0 aromatic heterocycles. The zero-order valence-corrected chi connectivity index (χ0v) is 12.9. The third kappa shape index (κ3) is 2.88. The number of nitrogen functional groups attached to an aromatic ring is 1. The summed E-state index contributed by atoms with van der Waals surface area (Å²) in [6, 6.07) is 12.9. The van der Waals surface area contributed by atoms with Crippen molar-refractivity contribution in [1.82, 2.24) is 5.32 Å². The Balaban J connectivity index is 1.84. The van der Waals surface area contributed by atoms with E-state index in [9.17, 15) is 4.79 Å². The average molecular weight is 347 g/mol. The van der Waals surface area contributed by atoms with Gasteiger partial charge in [0.25, 0.3) is 5.91 Å². The van der Waals surface area contributed by atoms with E-state index in [0.29, 0.717) is 17.9 Å². The second-order valence-corrected chi connectivity index (χ2v) is 5.79. The van der Waals surface area contributed by atoms with Crippen LogP contribution in [0.2, 0.25) is 0 Å². The van der Waals surface area contributed by atoms with Gasteiger partial charge in [0.05, 0.1) is 18.2 Å². The minimum atomic E-state index is -0.143. The molecule has 1 aliphatic rings. The summed E-state index contributed by atoms with van der Waals surface area (Å²) < 4.78 is 6.33. The van der Waals surface area contributed by atoms with Crippen LogP contribution in [0.4, 0.5) is 5.69 Å². The Labute approximate surface area is 131 Å². The fraction of sp³-hybridized carbons (Fsp3) is 0.188.